The Bertz CT molecular complexity index is 407. The van der Waals surface area contributed by atoms with E-state index in [1.807, 2.05) is 0 Å². The highest BCUT2D eigenvalue weighted by Crippen LogP contribution is 2.08. The van der Waals surface area contributed by atoms with Crippen LogP contribution in [0.5, 0.6) is 0 Å². The lowest BCUT2D eigenvalue weighted by Crippen LogP contribution is -1.99. The Labute approximate surface area is 98.4 Å². The van der Waals surface area contributed by atoms with Crippen LogP contribution in [0.25, 0.3) is 6.08 Å². The van der Waals surface area contributed by atoms with Gasteiger partial charge in [-0.05, 0) is 5.56 Å². The number of alkyl halides is 1. The molecule has 0 bridgehead atoms. The second-order valence-corrected chi connectivity index (χ2v) is 3.45. The maximum atomic E-state index is 11.2. The molecule has 3 nitrogen and oxygen atoms in total. The van der Waals surface area contributed by atoms with Crippen molar-refractivity contribution in [2.75, 3.05) is 5.88 Å². The summed E-state index contributed by atoms with van der Waals surface area (Å²) in [6.45, 7) is 0. The summed E-state index contributed by atoms with van der Waals surface area (Å²) in [4.78, 5) is 21.5. The van der Waals surface area contributed by atoms with Crippen molar-refractivity contribution >= 4 is 29.4 Å². The van der Waals surface area contributed by atoms with E-state index in [9.17, 15) is 9.59 Å². The number of carboxylic acid groups (broad SMARTS) is 1. The number of aliphatic carboxylic acids is 1. The lowest BCUT2D eigenvalue weighted by molar-refractivity contribution is -0.135. The van der Waals surface area contributed by atoms with Gasteiger partial charge < -0.3 is 5.11 Å². The molecule has 0 unspecified atom stereocenters. The fraction of sp³-hybridized carbons (Fsp3) is 0.167. The minimum atomic E-state index is -0.870. The first-order valence-corrected chi connectivity index (χ1v) is 5.24. The first kappa shape index (κ1) is 12.5. The predicted octanol–water partition coefficient (Wildman–Crippen LogP) is 2.60. The SMILES string of the molecule is O=C(O)CC=Cc1ccc(C(=O)CCl)cc1. The number of carbonyl (C=O) groups excluding carboxylic acids is 1. The largest absolute Gasteiger partial charge is 0.481 e. The molecule has 0 aliphatic rings. The van der Waals surface area contributed by atoms with Gasteiger partial charge in [0, 0.05) is 5.56 Å². The van der Waals surface area contributed by atoms with Crippen LogP contribution in [-0.4, -0.2) is 22.7 Å². The zero-order valence-corrected chi connectivity index (χ0v) is 9.28. The summed E-state index contributed by atoms with van der Waals surface area (Å²) < 4.78 is 0. The Hall–Kier alpha value is -1.61. The van der Waals surface area contributed by atoms with Crippen molar-refractivity contribution in [2.45, 2.75) is 6.42 Å². The molecule has 0 heterocycles. The highest BCUT2D eigenvalue weighted by molar-refractivity contribution is 6.30. The minimum absolute atomic E-state index is 0.0115. The number of carbonyl (C=O) groups is 2. The van der Waals surface area contributed by atoms with E-state index in [4.69, 9.17) is 16.7 Å². The summed E-state index contributed by atoms with van der Waals surface area (Å²) in [5.41, 5.74) is 1.41. The van der Waals surface area contributed by atoms with Crippen LogP contribution in [0, 0.1) is 0 Å². The van der Waals surface area contributed by atoms with Gasteiger partial charge in [-0.1, -0.05) is 36.4 Å². The van der Waals surface area contributed by atoms with Crippen molar-refractivity contribution in [3.63, 3.8) is 0 Å². The van der Waals surface area contributed by atoms with E-state index in [1.54, 1.807) is 36.4 Å². The molecule has 0 amide bonds. The standard InChI is InChI=1S/C12H11ClO3/c13-8-11(14)10-6-4-9(5-7-10)2-1-3-12(15)16/h1-2,4-7H,3,8H2,(H,15,16). The number of hydrogen-bond acceptors (Lipinski definition) is 2. The van der Waals surface area contributed by atoms with Crippen molar-refractivity contribution in [2.24, 2.45) is 0 Å². The van der Waals surface area contributed by atoms with Gasteiger partial charge in [0.2, 0.25) is 0 Å². The highest BCUT2D eigenvalue weighted by Gasteiger charge is 2.02. The van der Waals surface area contributed by atoms with Gasteiger partial charge in [0.1, 0.15) is 0 Å². The smallest absolute Gasteiger partial charge is 0.307 e. The first-order chi connectivity index (χ1) is 7.63. The molecule has 84 valence electrons. The van der Waals surface area contributed by atoms with Gasteiger partial charge in [0.05, 0.1) is 12.3 Å². The van der Waals surface area contributed by atoms with Crippen molar-refractivity contribution in [3.05, 3.63) is 41.5 Å². The van der Waals surface area contributed by atoms with Crippen LogP contribution in [0.4, 0.5) is 0 Å². The lowest BCUT2D eigenvalue weighted by Gasteiger charge is -1.97. The Balaban J connectivity index is 2.68. The molecule has 1 aromatic rings. The van der Waals surface area contributed by atoms with E-state index in [1.165, 1.54) is 0 Å². The third kappa shape index (κ3) is 3.87. The molecular weight excluding hydrogens is 228 g/mol. The van der Waals surface area contributed by atoms with Gasteiger partial charge in [-0.25, -0.2) is 0 Å². The maximum Gasteiger partial charge on any atom is 0.307 e. The molecule has 16 heavy (non-hydrogen) atoms. The molecule has 1 rings (SSSR count). The molecule has 0 fully saturated rings. The van der Waals surface area contributed by atoms with Gasteiger partial charge >= 0.3 is 5.97 Å². The molecule has 0 saturated heterocycles. The number of benzene rings is 1. The summed E-state index contributed by atoms with van der Waals surface area (Å²) in [5.74, 6) is -1.03. The van der Waals surface area contributed by atoms with Crippen LogP contribution in [0.1, 0.15) is 22.3 Å². The molecule has 4 heteroatoms. The maximum absolute atomic E-state index is 11.2. The second-order valence-electron chi connectivity index (χ2n) is 3.18. The van der Waals surface area contributed by atoms with E-state index >= 15 is 0 Å². The van der Waals surface area contributed by atoms with Gasteiger partial charge in [-0.3, -0.25) is 9.59 Å². The third-order valence-electron chi connectivity index (χ3n) is 1.96. The average Bonchev–Trinajstić information content (AvgIpc) is 2.28. The zero-order valence-electron chi connectivity index (χ0n) is 8.52. The topological polar surface area (TPSA) is 54.4 Å². The summed E-state index contributed by atoms with van der Waals surface area (Å²) in [5, 5.41) is 8.43. The van der Waals surface area contributed by atoms with E-state index < -0.39 is 5.97 Å². The summed E-state index contributed by atoms with van der Waals surface area (Å²) in [7, 11) is 0. The van der Waals surface area contributed by atoms with Gasteiger partial charge in [0.25, 0.3) is 0 Å². The highest BCUT2D eigenvalue weighted by atomic mass is 35.5. The van der Waals surface area contributed by atoms with Crippen LogP contribution in [0.3, 0.4) is 0 Å². The van der Waals surface area contributed by atoms with E-state index in [-0.39, 0.29) is 18.1 Å². The zero-order chi connectivity index (χ0) is 12.0. The van der Waals surface area contributed by atoms with Gasteiger partial charge in [-0.2, -0.15) is 0 Å². The quantitative estimate of drug-likeness (QED) is 0.634. The molecular formula is C12H11ClO3. The Morgan fingerprint density at radius 1 is 1.25 bits per heavy atom. The number of halogens is 1. The summed E-state index contributed by atoms with van der Waals surface area (Å²) in [6.07, 6.45) is 3.24. The molecule has 1 N–H and O–H groups in total. The number of Topliss-reactive ketones (excluding diaryl/α,β-unsaturated/α-hetero) is 1. The van der Waals surface area contributed by atoms with Crippen molar-refractivity contribution in [1.82, 2.24) is 0 Å². The molecule has 1 aromatic carbocycles. The minimum Gasteiger partial charge on any atom is -0.481 e. The van der Waals surface area contributed by atoms with E-state index in [2.05, 4.69) is 0 Å². The molecule has 0 aliphatic heterocycles. The molecule has 0 radical (unpaired) electrons. The van der Waals surface area contributed by atoms with Gasteiger partial charge in [-0.15, -0.1) is 11.6 Å². The van der Waals surface area contributed by atoms with Crippen LogP contribution in [0.2, 0.25) is 0 Å². The predicted molar refractivity (Wildman–Crippen MR) is 62.8 cm³/mol. The van der Waals surface area contributed by atoms with Crippen molar-refractivity contribution < 1.29 is 14.7 Å². The Morgan fingerprint density at radius 2 is 1.88 bits per heavy atom. The van der Waals surface area contributed by atoms with Gasteiger partial charge in [0.15, 0.2) is 5.78 Å². The number of carboxylic acids is 1. The molecule has 0 atom stereocenters. The molecule has 0 aromatic heterocycles. The number of rotatable bonds is 5. The van der Waals surface area contributed by atoms with Crippen molar-refractivity contribution in [1.29, 1.82) is 0 Å². The summed E-state index contributed by atoms with van der Waals surface area (Å²) in [6, 6.07) is 6.84. The van der Waals surface area contributed by atoms with Crippen LogP contribution in [-0.2, 0) is 4.79 Å². The fourth-order valence-corrected chi connectivity index (χ4v) is 1.31. The summed E-state index contributed by atoms with van der Waals surface area (Å²) >= 11 is 5.42. The normalized spacial score (nSPS) is 10.6. The Kier molecular flexibility index (Phi) is 4.73. The molecule has 0 saturated carbocycles. The Morgan fingerprint density at radius 3 is 2.38 bits per heavy atom. The number of hydrogen-bond donors (Lipinski definition) is 1. The lowest BCUT2D eigenvalue weighted by atomic mass is 10.1. The van der Waals surface area contributed by atoms with Crippen LogP contribution >= 0.6 is 11.6 Å². The first-order valence-electron chi connectivity index (χ1n) is 4.71. The molecule has 0 aliphatic carbocycles. The van der Waals surface area contributed by atoms with E-state index in [0.717, 1.165) is 5.56 Å². The van der Waals surface area contributed by atoms with Crippen LogP contribution in [0.15, 0.2) is 30.3 Å². The average molecular weight is 239 g/mol. The number of ketones is 1. The monoisotopic (exact) mass is 238 g/mol. The van der Waals surface area contributed by atoms with Crippen LogP contribution < -0.4 is 0 Å². The van der Waals surface area contributed by atoms with Crippen molar-refractivity contribution in [3.8, 4) is 0 Å². The fourth-order valence-electron chi connectivity index (χ4n) is 1.15. The third-order valence-corrected chi connectivity index (χ3v) is 2.20. The second kappa shape index (κ2) is 6.08. The van der Waals surface area contributed by atoms with E-state index in [0.29, 0.717) is 5.56 Å². The molecule has 0 spiro atoms.